The second kappa shape index (κ2) is 7.31. The van der Waals surface area contributed by atoms with Crippen LogP contribution in [0.5, 0.6) is 0 Å². The number of thioether (sulfide) groups is 1. The van der Waals surface area contributed by atoms with Crippen LogP contribution in [-0.2, 0) is 17.0 Å². The third-order valence-electron chi connectivity index (χ3n) is 4.40. The largest absolute Gasteiger partial charge is 0.376 e. The van der Waals surface area contributed by atoms with Crippen LogP contribution < -0.4 is 0 Å². The highest BCUT2D eigenvalue weighted by Gasteiger charge is 2.22. The van der Waals surface area contributed by atoms with Crippen LogP contribution in [0.15, 0.2) is 27.2 Å². The minimum Gasteiger partial charge on any atom is -0.376 e. The Morgan fingerprint density at radius 1 is 1.36 bits per heavy atom. The molecule has 0 aliphatic carbocycles. The Labute approximate surface area is 154 Å². The van der Waals surface area contributed by atoms with Crippen LogP contribution in [0.1, 0.15) is 29.9 Å². The average Bonchev–Trinajstić information content (AvgIpc) is 3.37. The van der Waals surface area contributed by atoms with E-state index in [-0.39, 0.29) is 6.10 Å². The van der Waals surface area contributed by atoms with Crippen molar-refractivity contribution in [2.45, 2.75) is 50.2 Å². The molecule has 1 fully saturated rings. The maximum absolute atomic E-state index is 5.83. The van der Waals surface area contributed by atoms with Crippen molar-refractivity contribution >= 4 is 23.1 Å². The van der Waals surface area contributed by atoms with Gasteiger partial charge in [0.15, 0.2) is 11.0 Å². The van der Waals surface area contributed by atoms with E-state index in [1.807, 2.05) is 19.9 Å². The van der Waals surface area contributed by atoms with Crippen molar-refractivity contribution in [2.24, 2.45) is 0 Å². The molecule has 0 unspecified atom stereocenters. The molecule has 1 atom stereocenters. The third kappa shape index (κ3) is 3.51. The predicted molar refractivity (Wildman–Crippen MR) is 97.8 cm³/mol. The third-order valence-corrected chi connectivity index (χ3v) is 6.25. The Hall–Kier alpha value is -1.64. The van der Waals surface area contributed by atoms with E-state index in [2.05, 4.69) is 31.4 Å². The number of hydrogen-bond donors (Lipinski definition) is 0. The fraction of sp³-hybridized carbons (Fsp3) is 0.471. The summed E-state index contributed by atoms with van der Waals surface area (Å²) < 4.78 is 13.3. The lowest BCUT2D eigenvalue weighted by Crippen LogP contribution is -2.16. The first-order valence-electron chi connectivity index (χ1n) is 8.35. The van der Waals surface area contributed by atoms with Crippen LogP contribution in [0.3, 0.4) is 0 Å². The molecule has 3 aromatic rings. The van der Waals surface area contributed by atoms with Gasteiger partial charge >= 0.3 is 0 Å². The Bertz CT molecular complexity index is 816. The number of rotatable bonds is 6. The molecule has 1 aliphatic rings. The summed E-state index contributed by atoms with van der Waals surface area (Å²) in [5.74, 6) is 2.57. The summed E-state index contributed by atoms with van der Waals surface area (Å²) in [6.07, 6.45) is 2.46. The molecule has 25 heavy (non-hydrogen) atoms. The van der Waals surface area contributed by atoms with Crippen molar-refractivity contribution in [2.75, 3.05) is 6.61 Å². The SMILES string of the molecule is Cc1noc(C)c1CSc1nnc(-c2cccs2)n1C[C@@H]1CCCO1. The summed E-state index contributed by atoms with van der Waals surface area (Å²) >= 11 is 3.36. The van der Waals surface area contributed by atoms with Gasteiger partial charge in [0.2, 0.25) is 0 Å². The van der Waals surface area contributed by atoms with Crippen molar-refractivity contribution in [3.8, 4) is 10.7 Å². The van der Waals surface area contributed by atoms with Crippen LogP contribution in [-0.4, -0.2) is 32.6 Å². The minimum atomic E-state index is 0.244. The Morgan fingerprint density at radius 2 is 2.28 bits per heavy atom. The van der Waals surface area contributed by atoms with Gasteiger partial charge in [-0.1, -0.05) is 23.0 Å². The molecule has 0 aromatic carbocycles. The van der Waals surface area contributed by atoms with Crippen LogP contribution in [0.25, 0.3) is 10.7 Å². The molecule has 1 saturated heterocycles. The standard InChI is InChI=1S/C17H20N4O2S2/c1-11-14(12(2)23-20-11)10-25-17-19-18-16(15-6-4-8-24-15)21(17)9-13-5-3-7-22-13/h4,6,8,13H,3,5,7,9-10H2,1-2H3/t13-/m0/s1. The first-order chi connectivity index (χ1) is 12.2. The lowest BCUT2D eigenvalue weighted by molar-refractivity contribution is 0.0953. The lowest BCUT2D eigenvalue weighted by Gasteiger charge is -2.14. The lowest BCUT2D eigenvalue weighted by atomic mass is 10.2. The molecule has 0 amide bonds. The van der Waals surface area contributed by atoms with Gasteiger partial charge in [-0.25, -0.2) is 0 Å². The van der Waals surface area contributed by atoms with Gasteiger partial charge in [0.05, 0.1) is 23.2 Å². The molecule has 8 heteroatoms. The van der Waals surface area contributed by atoms with Crippen LogP contribution >= 0.6 is 23.1 Å². The van der Waals surface area contributed by atoms with Gasteiger partial charge in [-0.3, -0.25) is 4.57 Å². The van der Waals surface area contributed by atoms with Crippen molar-refractivity contribution in [1.29, 1.82) is 0 Å². The van der Waals surface area contributed by atoms with Crippen LogP contribution in [0.4, 0.5) is 0 Å². The summed E-state index contributed by atoms with van der Waals surface area (Å²) in [5, 5.41) is 15.9. The van der Waals surface area contributed by atoms with Crippen molar-refractivity contribution in [3.63, 3.8) is 0 Å². The first kappa shape index (κ1) is 16.8. The molecule has 0 bridgehead atoms. The molecular weight excluding hydrogens is 356 g/mol. The Kier molecular flexibility index (Phi) is 4.91. The fourth-order valence-corrected chi connectivity index (χ4v) is 4.80. The van der Waals surface area contributed by atoms with Crippen LogP contribution in [0, 0.1) is 13.8 Å². The molecule has 0 N–H and O–H groups in total. The minimum absolute atomic E-state index is 0.244. The van der Waals surface area contributed by atoms with E-state index in [9.17, 15) is 0 Å². The van der Waals surface area contributed by atoms with Crippen LogP contribution in [0.2, 0.25) is 0 Å². The molecule has 0 spiro atoms. The zero-order valence-corrected chi connectivity index (χ0v) is 15.9. The number of nitrogens with zero attached hydrogens (tertiary/aromatic N) is 4. The quantitative estimate of drug-likeness (QED) is 0.604. The van der Waals surface area contributed by atoms with Gasteiger partial charge in [0.1, 0.15) is 5.76 Å². The van der Waals surface area contributed by atoms with E-state index in [0.29, 0.717) is 0 Å². The summed E-state index contributed by atoms with van der Waals surface area (Å²) in [6, 6.07) is 4.13. The van der Waals surface area contributed by atoms with E-state index in [1.165, 1.54) is 0 Å². The van der Waals surface area contributed by atoms with E-state index >= 15 is 0 Å². The number of aromatic nitrogens is 4. The highest BCUT2D eigenvalue weighted by molar-refractivity contribution is 7.98. The van der Waals surface area contributed by atoms with Gasteiger partial charge in [-0.05, 0) is 38.1 Å². The molecule has 6 nitrogen and oxygen atoms in total. The maximum Gasteiger partial charge on any atom is 0.191 e. The topological polar surface area (TPSA) is 66.0 Å². The number of ether oxygens (including phenoxy) is 1. The first-order valence-corrected chi connectivity index (χ1v) is 10.2. The van der Waals surface area contributed by atoms with Gasteiger partial charge in [-0.15, -0.1) is 21.5 Å². The highest BCUT2D eigenvalue weighted by Crippen LogP contribution is 2.31. The van der Waals surface area contributed by atoms with E-state index in [4.69, 9.17) is 9.26 Å². The molecule has 0 saturated carbocycles. The Morgan fingerprint density at radius 3 is 2.96 bits per heavy atom. The number of hydrogen-bond acceptors (Lipinski definition) is 7. The molecule has 3 aromatic heterocycles. The molecule has 4 heterocycles. The predicted octanol–water partition coefficient (Wildman–Crippen LogP) is 4.08. The van der Waals surface area contributed by atoms with E-state index in [1.54, 1.807) is 23.1 Å². The van der Waals surface area contributed by atoms with Gasteiger partial charge < -0.3 is 9.26 Å². The van der Waals surface area contributed by atoms with E-state index < -0.39 is 0 Å². The summed E-state index contributed by atoms with van der Waals surface area (Å²) in [6.45, 7) is 5.57. The molecule has 4 rings (SSSR count). The maximum atomic E-state index is 5.83. The van der Waals surface area contributed by atoms with Gasteiger partial charge in [0, 0.05) is 17.9 Å². The summed E-state index contributed by atoms with van der Waals surface area (Å²) in [4.78, 5) is 1.13. The molecular formula is C17H20N4O2S2. The zero-order valence-electron chi connectivity index (χ0n) is 14.3. The average molecular weight is 377 g/mol. The van der Waals surface area contributed by atoms with Gasteiger partial charge in [-0.2, -0.15) is 0 Å². The summed E-state index contributed by atoms with van der Waals surface area (Å²) in [5.41, 5.74) is 2.07. The zero-order chi connectivity index (χ0) is 17.2. The summed E-state index contributed by atoms with van der Waals surface area (Å²) in [7, 11) is 0. The number of thiophene rings is 1. The number of aryl methyl sites for hydroxylation is 2. The normalized spacial score (nSPS) is 17.4. The molecule has 132 valence electrons. The fourth-order valence-electron chi connectivity index (χ4n) is 2.98. The second-order valence-corrected chi connectivity index (χ2v) is 8.01. The smallest absolute Gasteiger partial charge is 0.191 e. The molecule has 0 radical (unpaired) electrons. The van der Waals surface area contributed by atoms with Crippen molar-refractivity contribution in [3.05, 3.63) is 34.5 Å². The highest BCUT2D eigenvalue weighted by atomic mass is 32.2. The van der Waals surface area contributed by atoms with Crippen molar-refractivity contribution < 1.29 is 9.26 Å². The second-order valence-electron chi connectivity index (χ2n) is 6.12. The van der Waals surface area contributed by atoms with Crippen molar-refractivity contribution in [1.82, 2.24) is 19.9 Å². The molecule has 1 aliphatic heterocycles. The van der Waals surface area contributed by atoms with E-state index in [0.717, 1.165) is 64.6 Å². The van der Waals surface area contributed by atoms with Gasteiger partial charge in [0.25, 0.3) is 0 Å². The Balaban J connectivity index is 1.60. The monoisotopic (exact) mass is 376 g/mol.